The number of nitrogens with one attached hydrogen (secondary N) is 1. The number of rotatable bonds is 6. The van der Waals surface area contributed by atoms with E-state index in [0.29, 0.717) is 11.6 Å². The summed E-state index contributed by atoms with van der Waals surface area (Å²) in [7, 11) is 0. The molecule has 1 N–H and O–H groups in total. The van der Waals surface area contributed by atoms with Gasteiger partial charge in [-0.25, -0.2) is 0 Å². The molecular weight excluding hydrogens is 284 g/mol. The maximum Gasteiger partial charge on any atom is 0.140 e. The maximum atomic E-state index is 9.34. The third-order valence-corrected chi connectivity index (χ3v) is 3.19. The first-order chi connectivity index (χ1) is 10.2. The predicted molar refractivity (Wildman–Crippen MR) is 85.7 cm³/mol. The van der Waals surface area contributed by atoms with E-state index in [4.69, 9.17) is 16.3 Å². The van der Waals surface area contributed by atoms with Crippen LogP contribution in [-0.4, -0.2) is 6.61 Å². The van der Waals surface area contributed by atoms with Crippen molar-refractivity contribution in [2.75, 3.05) is 11.9 Å². The van der Waals surface area contributed by atoms with Crippen LogP contribution in [0.1, 0.15) is 24.9 Å². The highest BCUT2D eigenvalue weighted by molar-refractivity contribution is 6.30. The van der Waals surface area contributed by atoms with E-state index in [0.717, 1.165) is 23.4 Å². The Kier molecular flexibility index (Phi) is 5.48. The topological polar surface area (TPSA) is 45.0 Å². The van der Waals surface area contributed by atoms with Crippen molar-refractivity contribution in [3.63, 3.8) is 0 Å². The maximum absolute atomic E-state index is 9.34. The third kappa shape index (κ3) is 4.40. The Hall–Kier alpha value is -2.18. The molecule has 4 heteroatoms. The van der Waals surface area contributed by atoms with Gasteiger partial charge in [-0.15, -0.1) is 0 Å². The molecule has 3 nitrogen and oxygen atoms in total. The van der Waals surface area contributed by atoms with Crippen LogP contribution < -0.4 is 10.1 Å². The number of halogens is 1. The summed E-state index contributed by atoms with van der Waals surface area (Å²) in [5, 5.41) is 13.1. The zero-order valence-electron chi connectivity index (χ0n) is 11.8. The largest absolute Gasteiger partial charge is 0.494 e. The molecule has 0 fully saturated rings. The first kappa shape index (κ1) is 15.2. The van der Waals surface area contributed by atoms with Crippen molar-refractivity contribution in [2.24, 2.45) is 0 Å². The highest BCUT2D eigenvalue weighted by atomic mass is 35.5. The van der Waals surface area contributed by atoms with Crippen LogP contribution in [0.15, 0.2) is 48.5 Å². The molecule has 21 heavy (non-hydrogen) atoms. The average molecular weight is 301 g/mol. The van der Waals surface area contributed by atoms with Gasteiger partial charge in [0.15, 0.2) is 0 Å². The second-order valence-corrected chi connectivity index (χ2v) is 5.07. The molecule has 108 valence electrons. The van der Waals surface area contributed by atoms with Crippen LogP contribution in [0.2, 0.25) is 5.02 Å². The zero-order chi connectivity index (χ0) is 15.1. The normalized spacial score (nSPS) is 11.5. The van der Waals surface area contributed by atoms with Crippen molar-refractivity contribution in [2.45, 2.75) is 19.4 Å². The highest BCUT2D eigenvalue weighted by Crippen LogP contribution is 2.23. The van der Waals surface area contributed by atoms with Gasteiger partial charge in [-0.05, 0) is 42.3 Å². The lowest BCUT2D eigenvalue weighted by Gasteiger charge is -2.14. The van der Waals surface area contributed by atoms with Crippen LogP contribution >= 0.6 is 11.6 Å². The Balaban J connectivity index is 2.09. The van der Waals surface area contributed by atoms with E-state index in [1.54, 1.807) is 12.1 Å². The summed E-state index contributed by atoms with van der Waals surface area (Å²) < 4.78 is 5.54. The van der Waals surface area contributed by atoms with Crippen LogP contribution in [0.3, 0.4) is 0 Å². The van der Waals surface area contributed by atoms with Crippen molar-refractivity contribution >= 4 is 17.3 Å². The van der Waals surface area contributed by atoms with Gasteiger partial charge in [-0.1, -0.05) is 36.7 Å². The number of nitriles is 1. The molecule has 2 rings (SSSR count). The van der Waals surface area contributed by atoms with Crippen LogP contribution in [0.4, 0.5) is 5.69 Å². The van der Waals surface area contributed by atoms with Gasteiger partial charge in [0.2, 0.25) is 0 Å². The fourth-order valence-electron chi connectivity index (χ4n) is 1.91. The lowest BCUT2D eigenvalue weighted by Crippen LogP contribution is -2.08. The van der Waals surface area contributed by atoms with Gasteiger partial charge in [0.25, 0.3) is 0 Å². The molecule has 2 aromatic rings. The van der Waals surface area contributed by atoms with E-state index >= 15 is 0 Å². The molecule has 0 saturated carbocycles. The number of nitrogens with zero attached hydrogens (tertiary/aromatic N) is 1. The van der Waals surface area contributed by atoms with E-state index in [1.807, 2.05) is 36.4 Å². The average Bonchev–Trinajstić information content (AvgIpc) is 2.51. The number of anilines is 1. The summed E-state index contributed by atoms with van der Waals surface area (Å²) in [5.74, 6) is 0.819. The Bertz CT molecular complexity index is 619. The third-order valence-electron chi connectivity index (χ3n) is 2.95. The Morgan fingerprint density at radius 1 is 1.24 bits per heavy atom. The van der Waals surface area contributed by atoms with Gasteiger partial charge >= 0.3 is 0 Å². The number of hydrogen-bond acceptors (Lipinski definition) is 3. The molecule has 0 bridgehead atoms. The smallest absolute Gasteiger partial charge is 0.140 e. The Morgan fingerprint density at radius 2 is 2.00 bits per heavy atom. The number of hydrogen-bond donors (Lipinski definition) is 1. The molecule has 0 aliphatic heterocycles. The van der Waals surface area contributed by atoms with Crippen molar-refractivity contribution in [3.05, 3.63) is 59.1 Å². The molecule has 1 unspecified atom stereocenters. The summed E-state index contributed by atoms with van der Waals surface area (Å²) in [6.45, 7) is 2.76. The van der Waals surface area contributed by atoms with Crippen molar-refractivity contribution in [1.82, 2.24) is 0 Å². The molecule has 0 heterocycles. The Morgan fingerprint density at radius 3 is 2.62 bits per heavy atom. The van der Waals surface area contributed by atoms with Crippen LogP contribution in [0, 0.1) is 11.3 Å². The van der Waals surface area contributed by atoms with E-state index < -0.39 is 6.04 Å². The number of ether oxygens (including phenoxy) is 1. The summed E-state index contributed by atoms with van der Waals surface area (Å²) in [4.78, 5) is 0. The fourth-order valence-corrected chi connectivity index (χ4v) is 2.10. The van der Waals surface area contributed by atoms with Gasteiger partial charge in [0.1, 0.15) is 11.8 Å². The van der Waals surface area contributed by atoms with E-state index in [1.165, 1.54) is 0 Å². The molecule has 0 aliphatic rings. The second kappa shape index (κ2) is 7.56. The lowest BCUT2D eigenvalue weighted by atomic mass is 10.1. The molecule has 0 aromatic heterocycles. The minimum atomic E-state index is -0.427. The van der Waals surface area contributed by atoms with Gasteiger partial charge in [0.05, 0.1) is 12.7 Å². The first-order valence-corrected chi connectivity index (χ1v) is 7.25. The van der Waals surface area contributed by atoms with E-state index in [-0.39, 0.29) is 0 Å². The second-order valence-electron chi connectivity index (χ2n) is 4.63. The van der Waals surface area contributed by atoms with Crippen LogP contribution in [-0.2, 0) is 0 Å². The molecule has 2 aromatic carbocycles. The SMILES string of the molecule is CCCOc1ccc(C(C#N)Nc2cccc(Cl)c2)cc1. The summed E-state index contributed by atoms with van der Waals surface area (Å²) in [5.41, 5.74) is 1.71. The van der Waals surface area contributed by atoms with Crippen LogP contribution in [0.25, 0.3) is 0 Å². The molecular formula is C17H17ClN2O. The molecule has 0 spiro atoms. The van der Waals surface area contributed by atoms with Gasteiger partial charge in [0, 0.05) is 10.7 Å². The molecule has 0 saturated heterocycles. The summed E-state index contributed by atoms with van der Waals surface area (Å²) in [6.07, 6.45) is 0.971. The van der Waals surface area contributed by atoms with Crippen LogP contribution in [0.5, 0.6) is 5.75 Å². The zero-order valence-corrected chi connectivity index (χ0v) is 12.6. The monoisotopic (exact) mass is 300 g/mol. The first-order valence-electron chi connectivity index (χ1n) is 6.87. The van der Waals surface area contributed by atoms with Gasteiger partial charge < -0.3 is 10.1 Å². The molecule has 0 aliphatic carbocycles. The minimum Gasteiger partial charge on any atom is -0.494 e. The Labute approximate surface area is 130 Å². The van der Waals surface area contributed by atoms with E-state index in [2.05, 4.69) is 18.3 Å². The highest BCUT2D eigenvalue weighted by Gasteiger charge is 2.10. The lowest BCUT2D eigenvalue weighted by molar-refractivity contribution is 0.317. The predicted octanol–water partition coefficient (Wildman–Crippen LogP) is 4.81. The molecule has 0 amide bonds. The van der Waals surface area contributed by atoms with Gasteiger partial charge in [-0.3, -0.25) is 0 Å². The van der Waals surface area contributed by atoms with Gasteiger partial charge in [-0.2, -0.15) is 5.26 Å². The number of benzene rings is 2. The van der Waals surface area contributed by atoms with Crippen molar-refractivity contribution < 1.29 is 4.74 Å². The van der Waals surface area contributed by atoms with E-state index in [9.17, 15) is 5.26 Å². The summed E-state index contributed by atoms with van der Waals surface area (Å²) >= 11 is 5.95. The summed E-state index contributed by atoms with van der Waals surface area (Å²) in [6, 6.07) is 16.7. The standard InChI is InChI=1S/C17H17ClN2O/c1-2-10-21-16-8-6-13(7-9-16)17(12-19)20-15-5-3-4-14(18)11-15/h3-9,11,17,20H,2,10H2,1H3. The van der Waals surface area contributed by atoms with Crippen molar-refractivity contribution in [3.8, 4) is 11.8 Å². The molecule has 1 atom stereocenters. The molecule has 0 radical (unpaired) electrons. The fraction of sp³-hybridized carbons (Fsp3) is 0.235. The van der Waals surface area contributed by atoms with Crippen molar-refractivity contribution in [1.29, 1.82) is 5.26 Å². The quantitative estimate of drug-likeness (QED) is 0.833. The minimum absolute atomic E-state index is 0.427.